The van der Waals surface area contributed by atoms with Crippen LogP contribution < -0.4 is 16.2 Å². The molecule has 0 unspecified atom stereocenters. The number of hydrogen-bond donors (Lipinski definition) is 4. The molecule has 7 nitrogen and oxygen atoms in total. The number of hydrazine groups is 1. The lowest BCUT2D eigenvalue weighted by molar-refractivity contribution is -0.114. The molecule has 0 aliphatic rings. The molecule has 0 bridgehead atoms. The van der Waals surface area contributed by atoms with Gasteiger partial charge in [0.05, 0.1) is 5.69 Å². The molecule has 0 radical (unpaired) electrons. The molecule has 2 amide bonds. The van der Waals surface area contributed by atoms with Gasteiger partial charge in [-0.05, 0) is 31.4 Å². The topological polar surface area (TPSA) is 103 Å². The number of thiophene rings is 1. The molecule has 124 valence electrons. The summed E-state index contributed by atoms with van der Waals surface area (Å²) in [7, 11) is 0. The van der Waals surface area contributed by atoms with Crippen molar-refractivity contribution in [2.75, 3.05) is 11.9 Å². The van der Waals surface area contributed by atoms with E-state index in [1.807, 2.05) is 5.38 Å². The molecule has 4 N–H and O–H groups in total. The van der Waals surface area contributed by atoms with Gasteiger partial charge in [0.15, 0.2) is 5.13 Å². The largest absolute Gasteiger partial charge is 0.464 e. The normalized spacial score (nSPS) is 10.5. The quantitative estimate of drug-likeness (QED) is 0.430. The highest BCUT2D eigenvalue weighted by molar-refractivity contribution is 7.14. The van der Waals surface area contributed by atoms with E-state index in [0.29, 0.717) is 11.7 Å². The van der Waals surface area contributed by atoms with Gasteiger partial charge in [0.25, 0.3) is 0 Å². The number of aryl methyl sites for hydroxylation is 2. The number of hydrogen-bond acceptors (Lipinski definition) is 6. The van der Waals surface area contributed by atoms with Crippen molar-refractivity contribution in [2.24, 2.45) is 0 Å². The molecule has 0 aliphatic heterocycles. The molecule has 2 heterocycles. The number of rotatable bonds is 8. The Bertz CT molecular complexity index is 669. The molecule has 23 heavy (non-hydrogen) atoms. The second-order valence-electron chi connectivity index (χ2n) is 4.80. The van der Waals surface area contributed by atoms with E-state index in [9.17, 15) is 9.59 Å². The van der Waals surface area contributed by atoms with Gasteiger partial charge in [-0.25, -0.2) is 15.2 Å². The Balaban J connectivity index is 1.74. The average Bonchev–Trinajstić information content (AvgIpc) is 3.10. The van der Waals surface area contributed by atoms with Crippen molar-refractivity contribution in [1.82, 2.24) is 15.8 Å². The first-order chi connectivity index (χ1) is 11.0. The van der Waals surface area contributed by atoms with Crippen molar-refractivity contribution in [3.05, 3.63) is 33.0 Å². The zero-order valence-corrected chi connectivity index (χ0v) is 14.2. The standard InChI is InChI=1S/C14H18N4O3S2/c1-9(19)16-13-17-10(8-22-13)2-3-11-4-5-12(23-11)6-7-15-18-14(20)21/h4-5,8,15,18H,2-3,6-7H2,1H3,(H,20,21)(H,16,17,19). The molecular weight excluding hydrogens is 336 g/mol. The third-order valence-electron chi connectivity index (χ3n) is 2.87. The lowest BCUT2D eigenvalue weighted by atomic mass is 10.2. The molecule has 2 aromatic heterocycles. The fourth-order valence-corrected chi connectivity index (χ4v) is 3.70. The number of anilines is 1. The zero-order valence-electron chi connectivity index (χ0n) is 12.6. The minimum absolute atomic E-state index is 0.111. The number of carbonyl (C=O) groups is 2. The van der Waals surface area contributed by atoms with Crippen LogP contribution in [0.5, 0.6) is 0 Å². The van der Waals surface area contributed by atoms with E-state index in [2.05, 4.69) is 33.3 Å². The maximum atomic E-state index is 11.0. The Kier molecular flexibility index (Phi) is 6.51. The van der Waals surface area contributed by atoms with Gasteiger partial charge >= 0.3 is 6.09 Å². The monoisotopic (exact) mass is 354 g/mol. The third-order valence-corrected chi connectivity index (χ3v) is 4.88. The van der Waals surface area contributed by atoms with E-state index in [1.54, 1.807) is 11.3 Å². The van der Waals surface area contributed by atoms with E-state index in [4.69, 9.17) is 5.11 Å². The number of nitrogens with one attached hydrogen (secondary N) is 3. The van der Waals surface area contributed by atoms with E-state index in [0.717, 1.165) is 25.0 Å². The summed E-state index contributed by atoms with van der Waals surface area (Å²) >= 11 is 3.15. The van der Waals surface area contributed by atoms with Crippen molar-refractivity contribution < 1.29 is 14.7 Å². The van der Waals surface area contributed by atoms with Crippen molar-refractivity contribution >= 4 is 39.8 Å². The SMILES string of the molecule is CC(=O)Nc1nc(CCc2ccc(CCNNC(=O)O)s2)cs1. The predicted octanol–water partition coefficient (Wildman–Crippen LogP) is 2.26. The van der Waals surface area contributed by atoms with Crippen LogP contribution >= 0.6 is 22.7 Å². The molecule has 2 rings (SSSR count). The molecule has 0 aromatic carbocycles. The average molecular weight is 354 g/mol. The van der Waals surface area contributed by atoms with Crippen LogP contribution in [-0.2, 0) is 24.1 Å². The summed E-state index contributed by atoms with van der Waals surface area (Å²) in [6, 6.07) is 4.15. The Morgan fingerprint density at radius 3 is 2.65 bits per heavy atom. The van der Waals surface area contributed by atoms with E-state index >= 15 is 0 Å². The summed E-state index contributed by atoms with van der Waals surface area (Å²) in [5.74, 6) is -0.111. The van der Waals surface area contributed by atoms with Gasteiger partial charge in [-0.3, -0.25) is 10.2 Å². The highest BCUT2D eigenvalue weighted by Crippen LogP contribution is 2.21. The van der Waals surface area contributed by atoms with Gasteiger partial charge in [0, 0.05) is 28.6 Å². The number of nitrogens with zero attached hydrogens (tertiary/aromatic N) is 1. The first kappa shape index (κ1) is 17.4. The van der Waals surface area contributed by atoms with Crippen LogP contribution in [0.2, 0.25) is 0 Å². The van der Waals surface area contributed by atoms with Crippen molar-refractivity contribution in [3.8, 4) is 0 Å². The maximum absolute atomic E-state index is 11.0. The first-order valence-electron chi connectivity index (χ1n) is 7.04. The summed E-state index contributed by atoms with van der Waals surface area (Å²) in [6.07, 6.45) is 1.41. The minimum atomic E-state index is -1.08. The van der Waals surface area contributed by atoms with E-state index in [1.165, 1.54) is 28.0 Å². The van der Waals surface area contributed by atoms with Gasteiger partial charge in [0.2, 0.25) is 5.91 Å². The van der Waals surface area contributed by atoms with E-state index < -0.39 is 6.09 Å². The molecular formula is C14H18N4O3S2. The Morgan fingerprint density at radius 1 is 1.22 bits per heavy atom. The number of thiazole rings is 1. The van der Waals surface area contributed by atoms with Crippen LogP contribution in [0.3, 0.4) is 0 Å². The summed E-state index contributed by atoms with van der Waals surface area (Å²) in [6.45, 7) is 2.02. The molecule has 0 fully saturated rings. The summed E-state index contributed by atoms with van der Waals surface area (Å²) in [5.41, 5.74) is 5.73. The van der Waals surface area contributed by atoms with Gasteiger partial charge in [-0.1, -0.05) is 0 Å². The summed E-state index contributed by atoms with van der Waals surface area (Å²) < 4.78 is 0. The molecule has 0 saturated heterocycles. The maximum Gasteiger partial charge on any atom is 0.419 e. The Morgan fingerprint density at radius 2 is 1.96 bits per heavy atom. The second-order valence-corrected chi connectivity index (χ2v) is 6.91. The van der Waals surface area contributed by atoms with Gasteiger partial charge in [-0.2, -0.15) is 0 Å². The number of carboxylic acid groups (broad SMARTS) is 1. The lowest BCUT2D eigenvalue weighted by Gasteiger charge is -2.01. The smallest absolute Gasteiger partial charge is 0.419 e. The van der Waals surface area contributed by atoms with Crippen LogP contribution in [0.25, 0.3) is 0 Å². The number of aromatic nitrogens is 1. The highest BCUT2D eigenvalue weighted by Gasteiger charge is 2.06. The molecule has 0 spiro atoms. The van der Waals surface area contributed by atoms with Gasteiger partial charge < -0.3 is 10.4 Å². The summed E-state index contributed by atoms with van der Waals surface area (Å²) in [4.78, 5) is 28.1. The Hall–Kier alpha value is -1.97. The molecule has 0 saturated carbocycles. The lowest BCUT2D eigenvalue weighted by Crippen LogP contribution is -2.37. The summed E-state index contributed by atoms with van der Waals surface area (Å²) in [5, 5.41) is 13.7. The Labute approximate surface area is 141 Å². The van der Waals surface area contributed by atoms with Gasteiger partial charge in [-0.15, -0.1) is 22.7 Å². The zero-order chi connectivity index (χ0) is 16.7. The van der Waals surface area contributed by atoms with Crippen molar-refractivity contribution in [3.63, 3.8) is 0 Å². The number of carbonyl (C=O) groups excluding carboxylic acids is 1. The van der Waals surface area contributed by atoms with Crippen LogP contribution in [0.1, 0.15) is 22.4 Å². The molecule has 0 atom stereocenters. The van der Waals surface area contributed by atoms with Crippen LogP contribution in [0.15, 0.2) is 17.5 Å². The second kappa shape index (κ2) is 8.61. The van der Waals surface area contributed by atoms with Crippen molar-refractivity contribution in [1.29, 1.82) is 0 Å². The first-order valence-corrected chi connectivity index (χ1v) is 8.74. The van der Waals surface area contributed by atoms with Crippen LogP contribution in [0, 0.1) is 0 Å². The molecule has 9 heteroatoms. The van der Waals surface area contributed by atoms with Crippen LogP contribution in [0.4, 0.5) is 9.93 Å². The molecule has 2 aromatic rings. The van der Waals surface area contributed by atoms with E-state index in [-0.39, 0.29) is 5.91 Å². The number of amides is 2. The van der Waals surface area contributed by atoms with Crippen molar-refractivity contribution in [2.45, 2.75) is 26.2 Å². The fourth-order valence-electron chi connectivity index (χ4n) is 1.90. The highest BCUT2D eigenvalue weighted by atomic mass is 32.1. The van der Waals surface area contributed by atoms with Gasteiger partial charge in [0.1, 0.15) is 0 Å². The predicted molar refractivity (Wildman–Crippen MR) is 91.0 cm³/mol. The fraction of sp³-hybridized carbons (Fsp3) is 0.357. The molecule has 0 aliphatic carbocycles. The third kappa shape index (κ3) is 6.35. The van der Waals surface area contributed by atoms with Crippen LogP contribution in [-0.4, -0.2) is 28.6 Å². The minimum Gasteiger partial charge on any atom is -0.464 e.